The fourth-order valence-corrected chi connectivity index (χ4v) is 1.42. The van der Waals surface area contributed by atoms with Gasteiger partial charge in [-0.15, -0.1) is 0 Å². The van der Waals surface area contributed by atoms with Crippen molar-refractivity contribution in [1.82, 2.24) is 4.72 Å². The van der Waals surface area contributed by atoms with Crippen molar-refractivity contribution < 1.29 is 5.11 Å². The third-order valence-electron chi connectivity index (χ3n) is 1.88. The van der Waals surface area contributed by atoms with Gasteiger partial charge in [-0.2, -0.15) is 0 Å². The van der Waals surface area contributed by atoms with E-state index < -0.39 is 0 Å². The molecule has 0 bridgehead atoms. The number of hydrogen-bond donors (Lipinski definition) is 2. The van der Waals surface area contributed by atoms with Gasteiger partial charge in [-0.25, -0.2) is 0 Å². The van der Waals surface area contributed by atoms with Gasteiger partial charge in [0.25, 0.3) is 0 Å². The molecule has 2 nitrogen and oxygen atoms in total. The van der Waals surface area contributed by atoms with Crippen molar-refractivity contribution in [3.8, 4) is 0 Å². The van der Waals surface area contributed by atoms with Crippen molar-refractivity contribution in [2.45, 2.75) is 27.7 Å². The van der Waals surface area contributed by atoms with E-state index in [1.165, 1.54) is 17.5 Å². The number of nitrogens with one attached hydrogen (secondary N) is 1. The first-order valence-corrected chi connectivity index (χ1v) is 6.16. The minimum absolute atomic E-state index is 0.0703. The summed E-state index contributed by atoms with van der Waals surface area (Å²) in [6.45, 7) is 8.43. The first kappa shape index (κ1) is 14.2. The molecule has 0 atom stereocenters. The van der Waals surface area contributed by atoms with Crippen LogP contribution in [0, 0.1) is 5.41 Å². The lowest BCUT2D eigenvalue weighted by atomic mass is 9.85. The average molecular weight is 227 g/mol. The summed E-state index contributed by atoms with van der Waals surface area (Å²) >= 11 is 1.46. The molecule has 0 aromatic rings. The molecule has 0 saturated carbocycles. The quantitative estimate of drug-likeness (QED) is 0.435. The van der Waals surface area contributed by atoms with Gasteiger partial charge in [0.1, 0.15) is 6.26 Å². The number of allylic oxidation sites excluding steroid dienone is 4. The molecule has 3 heteroatoms. The standard InChI is InChI=1S/C12H21NOS/c1-6-7-10(12(2,3)4)8-11(9-14)13-15-5/h6-9,13-14H,1-5H3/b7-6-,10-8+,11-9-. The molecular formula is C12H21NOS. The van der Waals surface area contributed by atoms with Crippen LogP contribution in [0.3, 0.4) is 0 Å². The fraction of sp³-hybridized carbons (Fsp3) is 0.500. The molecule has 0 heterocycles. The third-order valence-corrected chi connectivity index (χ3v) is 2.32. The molecule has 0 aliphatic heterocycles. The van der Waals surface area contributed by atoms with Crippen molar-refractivity contribution >= 4 is 11.9 Å². The van der Waals surface area contributed by atoms with E-state index >= 15 is 0 Å². The second kappa shape index (κ2) is 6.62. The van der Waals surface area contributed by atoms with Gasteiger partial charge < -0.3 is 9.83 Å². The number of aliphatic hydroxyl groups excluding tert-OH is 1. The molecule has 0 saturated heterocycles. The maximum atomic E-state index is 9.03. The normalized spacial score (nSPS) is 14.7. The van der Waals surface area contributed by atoms with Crippen LogP contribution in [0.25, 0.3) is 0 Å². The van der Waals surface area contributed by atoms with E-state index in [1.54, 1.807) is 0 Å². The Morgan fingerprint density at radius 3 is 2.27 bits per heavy atom. The Kier molecular flexibility index (Phi) is 6.25. The zero-order valence-electron chi connectivity index (χ0n) is 10.2. The van der Waals surface area contributed by atoms with Gasteiger partial charge in [0.05, 0.1) is 5.70 Å². The minimum Gasteiger partial charge on any atom is -0.513 e. The van der Waals surface area contributed by atoms with E-state index in [4.69, 9.17) is 5.11 Å². The fourth-order valence-electron chi connectivity index (χ4n) is 1.07. The van der Waals surface area contributed by atoms with Crippen molar-refractivity contribution in [1.29, 1.82) is 0 Å². The number of aliphatic hydroxyl groups is 1. The zero-order chi connectivity index (χ0) is 11.9. The van der Waals surface area contributed by atoms with E-state index in [1.807, 2.05) is 25.3 Å². The molecule has 0 amide bonds. The van der Waals surface area contributed by atoms with Gasteiger partial charge in [0, 0.05) is 6.26 Å². The van der Waals surface area contributed by atoms with Gasteiger partial charge in [-0.1, -0.05) is 44.9 Å². The van der Waals surface area contributed by atoms with Crippen molar-refractivity contribution in [2.24, 2.45) is 5.41 Å². The highest BCUT2D eigenvalue weighted by atomic mass is 32.2. The van der Waals surface area contributed by atoms with E-state index in [2.05, 4.69) is 31.6 Å². The Morgan fingerprint density at radius 1 is 1.33 bits per heavy atom. The molecular weight excluding hydrogens is 206 g/mol. The molecule has 0 aliphatic rings. The van der Waals surface area contributed by atoms with Crippen LogP contribution in [0.2, 0.25) is 0 Å². The molecule has 0 radical (unpaired) electrons. The summed E-state index contributed by atoms with van der Waals surface area (Å²) in [5.41, 5.74) is 1.96. The second-order valence-corrected chi connectivity index (χ2v) is 4.85. The van der Waals surface area contributed by atoms with Crippen LogP contribution in [0.4, 0.5) is 0 Å². The third kappa shape index (κ3) is 5.57. The molecule has 0 rings (SSSR count). The van der Waals surface area contributed by atoms with E-state index in [-0.39, 0.29) is 5.41 Å². The Bertz CT molecular complexity index is 272. The molecule has 2 N–H and O–H groups in total. The molecule has 0 spiro atoms. The lowest BCUT2D eigenvalue weighted by molar-refractivity contribution is 0.466. The number of rotatable bonds is 4. The SMILES string of the molecule is C\C=C/C(=C\C(=C\O)NSC)C(C)(C)C. The van der Waals surface area contributed by atoms with Crippen LogP contribution in [0.1, 0.15) is 27.7 Å². The molecule has 0 aromatic heterocycles. The maximum absolute atomic E-state index is 9.03. The van der Waals surface area contributed by atoms with E-state index in [0.717, 1.165) is 6.26 Å². The molecule has 0 aromatic carbocycles. The van der Waals surface area contributed by atoms with Crippen LogP contribution in [0.5, 0.6) is 0 Å². The summed E-state index contributed by atoms with van der Waals surface area (Å²) in [6, 6.07) is 0. The predicted octanol–water partition coefficient (Wildman–Crippen LogP) is 3.80. The maximum Gasteiger partial charge on any atom is 0.103 e. The first-order chi connectivity index (χ1) is 6.95. The van der Waals surface area contributed by atoms with Crippen molar-refractivity contribution in [3.63, 3.8) is 0 Å². The lowest BCUT2D eigenvalue weighted by Gasteiger charge is -2.20. The molecule has 0 aliphatic carbocycles. The van der Waals surface area contributed by atoms with Crippen LogP contribution < -0.4 is 4.72 Å². The van der Waals surface area contributed by atoms with Gasteiger partial charge in [-0.3, -0.25) is 0 Å². The molecule has 15 heavy (non-hydrogen) atoms. The first-order valence-electron chi connectivity index (χ1n) is 4.94. The van der Waals surface area contributed by atoms with Gasteiger partial charge in [0.15, 0.2) is 0 Å². The Balaban J connectivity index is 4.98. The monoisotopic (exact) mass is 227 g/mol. The van der Waals surface area contributed by atoms with Crippen LogP contribution in [-0.2, 0) is 0 Å². The highest BCUT2D eigenvalue weighted by Gasteiger charge is 2.14. The zero-order valence-corrected chi connectivity index (χ0v) is 11.0. The topological polar surface area (TPSA) is 32.3 Å². The van der Waals surface area contributed by atoms with Gasteiger partial charge in [-0.05, 0) is 24.0 Å². The minimum atomic E-state index is 0.0703. The average Bonchev–Trinajstić information content (AvgIpc) is 2.14. The number of hydrogen-bond acceptors (Lipinski definition) is 3. The molecule has 86 valence electrons. The second-order valence-electron chi connectivity index (χ2n) is 4.24. The molecule has 0 fully saturated rings. The largest absolute Gasteiger partial charge is 0.513 e. The van der Waals surface area contributed by atoms with E-state index in [0.29, 0.717) is 5.70 Å². The highest BCUT2D eigenvalue weighted by Crippen LogP contribution is 2.27. The van der Waals surface area contributed by atoms with Gasteiger partial charge >= 0.3 is 0 Å². The van der Waals surface area contributed by atoms with Gasteiger partial charge in [0.2, 0.25) is 0 Å². The highest BCUT2D eigenvalue weighted by molar-refractivity contribution is 7.96. The van der Waals surface area contributed by atoms with Crippen LogP contribution in [-0.4, -0.2) is 11.4 Å². The van der Waals surface area contributed by atoms with E-state index in [9.17, 15) is 0 Å². The summed E-state index contributed by atoms with van der Waals surface area (Å²) in [4.78, 5) is 0. The Labute approximate surface area is 97.3 Å². The summed E-state index contributed by atoms with van der Waals surface area (Å²) in [5.74, 6) is 0. The Morgan fingerprint density at radius 2 is 1.93 bits per heavy atom. The lowest BCUT2D eigenvalue weighted by Crippen LogP contribution is -2.10. The summed E-state index contributed by atoms with van der Waals surface area (Å²) < 4.78 is 3.01. The van der Waals surface area contributed by atoms with Crippen molar-refractivity contribution in [3.05, 3.63) is 35.8 Å². The summed E-state index contributed by atoms with van der Waals surface area (Å²) in [6.07, 6.45) is 9.03. The summed E-state index contributed by atoms with van der Waals surface area (Å²) in [5, 5.41) is 9.03. The Hall–Kier alpha value is -0.830. The summed E-state index contributed by atoms with van der Waals surface area (Å²) in [7, 11) is 0. The molecule has 0 unspecified atom stereocenters. The van der Waals surface area contributed by atoms with Crippen molar-refractivity contribution in [2.75, 3.05) is 6.26 Å². The predicted molar refractivity (Wildman–Crippen MR) is 69.7 cm³/mol. The van der Waals surface area contributed by atoms with Crippen LogP contribution in [0.15, 0.2) is 35.8 Å². The van der Waals surface area contributed by atoms with Crippen LogP contribution >= 0.6 is 11.9 Å². The smallest absolute Gasteiger partial charge is 0.103 e.